The number of para-hydroxylation sites is 2. The Labute approximate surface area is 280 Å². The first kappa shape index (κ1) is 33.3. The maximum Gasteiger partial charge on any atom is 0.282 e. The number of anilines is 1. The summed E-state index contributed by atoms with van der Waals surface area (Å²) in [5.74, 6) is 0.852. The lowest BCUT2D eigenvalue weighted by Crippen LogP contribution is -2.21. The van der Waals surface area contributed by atoms with Gasteiger partial charge >= 0.3 is 0 Å². The molecule has 0 aliphatic rings. The lowest BCUT2D eigenvalue weighted by Gasteiger charge is -2.17. The van der Waals surface area contributed by atoms with E-state index in [1.54, 1.807) is 43.5 Å². The Morgan fingerprint density at radius 1 is 1.06 bits per heavy atom. The number of aryl methyl sites for hydroxylation is 1. The molecule has 0 fully saturated rings. The molecule has 0 spiro atoms. The fraction of sp³-hybridized carbons (Fsp3) is 0.222. The fourth-order valence-corrected chi connectivity index (χ4v) is 5.62. The van der Waals surface area contributed by atoms with E-state index in [-0.39, 0.29) is 29.5 Å². The minimum absolute atomic E-state index is 0.0554. The summed E-state index contributed by atoms with van der Waals surface area (Å²) in [6.07, 6.45) is 1.53. The van der Waals surface area contributed by atoms with Crippen LogP contribution in [0, 0.1) is 12.7 Å². The van der Waals surface area contributed by atoms with E-state index in [1.165, 1.54) is 29.1 Å². The van der Waals surface area contributed by atoms with Crippen LogP contribution in [0.1, 0.15) is 43.4 Å². The van der Waals surface area contributed by atoms with Crippen LogP contribution in [0.15, 0.2) is 87.2 Å². The van der Waals surface area contributed by atoms with Gasteiger partial charge in [0.2, 0.25) is 0 Å². The van der Waals surface area contributed by atoms with Crippen LogP contribution in [-0.4, -0.2) is 42.1 Å². The predicted octanol–water partition coefficient (Wildman–Crippen LogP) is 7.70. The summed E-state index contributed by atoms with van der Waals surface area (Å²) < 4.78 is 33.0. The number of methoxy groups -OCH3 is 1. The molecule has 1 aromatic heterocycles. The second kappa shape index (κ2) is 14.6. The molecule has 1 N–H and O–H groups in total. The maximum atomic E-state index is 14.0. The predicted molar refractivity (Wildman–Crippen MR) is 186 cm³/mol. The van der Waals surface area contributed by atoms with Gasteiger partial charge in [0.05, 0.1) is 41.0 Å². The molecule has 0 bridgehead atoms. The molecule has 5 rings (SSSR count). The first-order valence-electron chi connectivity index (χ1n) is 15.0. The minimum Gasteiger partial charge on any atom is -0.496 e. The minimum atomic E-state index is -0.549. The van der Waals surface area contributed by atoms with Crippen molar-refractivity contribution >= 4 is 44.6 Å². The van der Waals surface area contributed by atoms with E-state index in [4.69, 9.17) is 19.2 Å². The van der Waals surface area contributed by atoms with Gasteiger partial charge in [-0.15, -0.1) is 0 Å². The van der Waals surface area contributed by atoms with Gasteiger partial charge in [-0.1, -0.05) is 38.1 Å². The van der Waals surface area contributed by atoms with Crippen molar-refractivity contribution in [2.45, 2.75) is 33.6 Å². The summed E-state index contributed by atoms with van der Waals surface area (Å²) in [4.78, 5) is 31.3. The third-order valence-corrected chi connectivity index (χ3v) is 7.93. The van der Waals surface area contributed by atoms with Crippen molar-refractivity contribution in [2.24, 2.45) is 5.10 Å². The highest BCUT2D eigenvalue weighted by molar-refractivity contribution is 9.10. The monoisotopic (exact) mass is 700 g/mol. The van der Waals surface area contributed by atoms with E-state index >= 15 is 0 Å². The van der Waals surface area contributed by atoms with Gasteiger partial charge in [0.1, 0.15) is 11.6 Å². The van der Waals surface area contributed by atoms with E-state index < -0.39 is 11.7 Å². The SMILES string of the molecule is CCOc1cc(C=Nn2c(-c3cc(C(C)C)c(OC)cc3C)nc3ccccc3c2=O)cc(Br)c1OCC(=O)Nc1ccccc1F. The van der Waals surface area contributed by atoms with Gasteiger partial charge in [0.15, 0.2) is 23.9 Å². The van der Waals surface area contributed by atoms with E-state index in [2.05, 4.69) is 40.2 Å². The van der Waals surface area contributed by atoms with Crippen LogP contribution in [0.2, 0.25) is 0 Å². The number of amides is 1. The van der Waals surface area contributed by atoms with Gasteiger partial charge in [-0.2, -0.15) is 9.78 Å². The Bertz CT molecular complexity index is 2040. The second-order valence-corrected chi connectivity index (χ2v) is 11.8. The van der Waals surface area contributed by atoms with Crippen molar-refractivity contribution in [3.8, 4) is 28.6 Å². The topological polar surface area (TPSA) is 104 Å². The molecule has 47 heavy (non-hydrogen) atoms. The molecule has 1 heterocycles. The van der Waals surface area contributed by atoms with Gasteiger partial charge in [-0.05, 0) is 101 Å². The average molecular weight is 702 g/mol. The standard InChI is InChI=1S/C36H34BrFN4O5/c1-6-46-32-17-23(16-27(37)34(32)47-20-33(43)40-30-14-10-8-12-28(30)38)19-39-42-35(41-29-13-9-7-11-24(29)36(42)44)26-18-25(21(2)3)31(45-5)15-22(26)4/h7-19,21H,6,20H2,1-5H3,(H,40,43). The van der Waals surface area contributed by atoms with Crippen molar-refractivity contribution in [2.75, 3.05) is 25.6 Å². The first-order chi connectivity index (χ1) is 22.6. The Morgan fingerprint density at radius 2 is 1.81 bits per heavy atom. The zero-order chi connectivity index (χ0) is 33.7. The molecule has 0 saturated heterocycles. The van der Waals surface area contributed by atoms with Crippen LogP contribution < -0.4 is 25.1 Å². The largest absolute Gasteiger partial charge is 0.496 e. The summed E-state index contributed by atoms with van der Waals surface area (Å²) in [5.41, 5.74) is 3.48. The number of halogens is 2. The number of aromatic nitrogens is 2. The number of hydrogen-bond donors (Lipinski definition) is 1. The summed E-state index contributed by atoms with van der Waals surface area (Å²) >= 11 is 3.51. The van der Waals surface area contributed by atoms with Crippen LogP contribution in [0.4, 0.5) is 10.1 Å². The first-order valence-corrected chi connectivity index (χ1v) is 15.8. The maximum absolute atomic E-state index is 14.0. The Morgan fingerprint density at radius 3 is 2.53 bits per heavy atom. The molecule has 11 heteroatoms. The molecule has 0 aliphatic carbocycles. The second-order valence-electron chi connectivity index (χ2n) is 11.0. The normalized spacial score (nSPS) is 11.3. The Kier molecular flexibility index (Phi) is 10.4. The highest BCUT2D eigenvalue weighted by atomic mass is 79.9. The van der Waals surface area contributed by atoms with E-state index in [9.17, 15) is 14.0 Å². The molecule has 5 aromatic rings. The quantitative estimate of drug-likeness (QED) is 0.142. The van der Waals surface area contributed by atoms with Gasteiger partial charge in [0.25, 0.3) is 11.5 Å². The van der Waals surface area contributed by atoms with Crippen LogP contribution in [0.3, 0.4) is 0 Å². The van der Waals surface area contributed by atoms with Crippen molar-refractivity contribution in [3.05, 3.63) is 110 Å². The van der Waals surface area contributed by atoms with Gasteiger partial charge in [-0.3, -0.25) is 9.59 Å². The molecule has 0 unspecified atom stereocenters. The van der Waals surface area contributed by atoms with Crippen molar-refractivity contribution in [3.63, 3.8) is 0 Å². The van der Waals surface area contributed by atoms with E-state index in [1.807, 2.05) is 32.0 Å². The number of fused-ring (bicyclic) bond motifs is 1. The number of rotatable bonds is 11. The van der Waals surface area contributed by atoms with E-state index in [0.717, 1.165) is 22.4 Å². The highest BCUT2D eigenvalue weighted by Gasteiger charge is 2.19. The molecule has 4 aromatic carbocycles. The van der Waals surface area contributed by atoms with Crippen LogP contribution in [0.25, 0.3) is 22.3 Å². The van der Waals surface area contributed by atoms with Crippen molar-refractivity contribution in [1.29, 1.82) is 0 Å². The number of ether oxygens (including phenoxy) is 3. The number of benzene rings is 4. The number of carbonyl (C=O) groups is 1. The van der Waals surface area contributed by atoms with Crippen molar-refractivity contribution < 1.29 is 23.4 Å². The fourth-order valence-electron chi connectivity index (χ4n) is 5.05. The highest BCUT2D eigenvalue weighted by Crippen LogP contribution is 2.37. The number of hydrogen-bond acceptors (Lipinski definition) is 7. The third-order valence-electron chi connectivity index (χ3n) is 7.34. The molecule has 0 aliphatic heterocycles. The van der Waals surface area contributed by atoms with Crippen LogP contribution in [0.5, 0.6) is 17.2 Å². The lowest BCUT2D eigenvalue weighted by atomic mass is 9.96. The summed E-state index contributed by atoms with van der Waals surface area (Å²) in [6, 6.07) is 20.4. The van der Waals surface area contributed by atoms with Gasteiger partial charge in [-0.25, -0.2) is 9.37 Å². The zero-order valence-electron chi connectivity index (χ0n) is 26.6. The summed E-state index contributed by atoms with van der Waals surface area (Å²) in [5, 5.41) is 7.55. The number of nitrogens with one attached hydrogen (secondary N) is 1. The smallest absolute Gasteiger partial charge is 0.282 e. The Hall–Kier alpha value is -5.03. The third kappa shape index (κ3) is 7.36. The van der Waals surface area contributed by atoms with Crippen LogP contribution in [-0.2, 0) is 4.79 Å². The Balaban J connectivity index is 1.52. The molecule has 0 radical (unpaired) electrons. The molecular formula is C36H34BrFN4O5. The molecule has 1 amide bonds. The average Bonchev–Trinajstić information content (AvgIpc) is 3.04. The number of nitrogens with zero attached hydrogens (tertiary/aromatic N) is 3. The molecule has 0 saturated carbocycles. The van der Waals surface area contributed by atoms with E-state index in [0.29, 0.717) is 39.1 Å². The van der Waals surface area contributed by atoms with Gasteiger partial charge < -0.3 is 19.5 Å². The summed E-state index contributed by atoms with van der Waals surface area (Å²) in [6.45, 7) is 7.84. The molecule has 242 valence electrons. The summed E-state index contributed by atoms with van der Waals surface area (Å²) in [7, 11) is 1.64. The zero-order valence-corrected chi connectivity index (χ0v) is 28.2. The van der Waals surface area contributed by atoms with Crippen molar-refractivity contribution in [1.82, 2.24) is 9.66 Å². The number of carbonyl (C=O) groups excluding carboxylic acids is 1. The molecular weight excluding hydrogens is 667 g/mol. The van der Waals surface area contributed by atoms with Gasteiger partial charge in [0, 0.05) is 5.56 Å². The lowest BCUT2D eigenvalue weighted by molar-refractivity contribution is -0.118. The van der Waals surface area contributed by atoms with Crippen LogP contribution >= 0.6 is 15.9 Å². The molecule has 9 nitrogen and oxygen atoms in total. The molecule has 0 atom stereocenters.